The Bertz CT molecular complexity index is 668. The molecule has 1 saturated carbocycles. The predicted molar refractivity (Wildman–Crippen MR) is 87.8 cm³/mol. The molecule has 0 atom stereocenters. The summed E-state index contributed by atoms with van der Waals surface area (Å²) in [7, 11) is 0. The molecule has 108 valence electrons. The van der Waals surface area contributed by atoms with Gasteiger partial charge in [-0.1, -0.05) is 23.7 Å². The minimum Gasteiger partial charge on any atom is -0.362 e. The Labute approximate surface area is 136 Å². The number of ketones is 1. The number of aromatic nitrogens is 1. The Morgan fingerprint density at radius 2 is 2.00 bits per heavy atom. The Morgan fingerprint density at radius 1 is 1.29 bits per heavy atom. The Morgan fingerprint density at radius 3 is 2.62 bits per heavy atom. The molecule has 0 radical (unpaired) electrons. The first-order valence-corrected chi connectivity index (χ1v) is 7.93. The highest BCUT2D eigenvalue weighted by atomic mass is 79.9. The molecule has 5 heteroatoms. The number of rotatable bonds is 5. The SMILES string of the molecule is O=C(CNc1ncccc1Br)C1(c2ccc(Cl)cc2)CC1. The second-order valence-electron chi connectivity index (χ2n) is 5.20. The van der Waals surface area contributed by atoms with E-state index in [4.69, 9.17) is 11.6 Å². The van der Waals surface area contributed by atoms with Gasteiger partial charge in [0.05, 0.1) is 16.4 Å². The van der Waals surface area contributed by atoms with Crippen molar-refractivity contribution >= 4 is 39.1 Å². The van der Waals surface area contributed by atoms with Crippen molar-refractivity contribution in [2.24, 2.45) is 0 Å². The number of hydrogen-bond acceptors (Lipinski definition) is 3. The topological polar surface area (TPSA) is 42.0 Å². The fraction of sp³-hybridized carbons (Fsp3) is 0.250. The van der Waals surface area contributed by atoms with Crippen LogP contribution in [0.25, 0.3) is 0 Å². The number of carbonyl (C=O) groups is 1. The number of pyridine rings is 1. The summed E-state index contributed by atoms with van der Waals surface area (Å²) in [4.78, 5) is 16.8. The monoisotopic (exact) mass is 364 g/mol. The molecular weight excluding hydrogens is 352 g/mol. The highest BCUT2D eigenvalue weighted by Gasteiger charge is 2.50. The third kappa shape index (κ3) is 2.97. The van der Waals surface area contributed by atoms with Crippen molar-refractivity contribution in [2.75, 3.05) is 11.9 Å². The van der Waals surface area contributed by atoms with Gasteiger partial charge in [-0.25, -0.2) is 4.98 Å². The maximum absolute atomic E-state index is 12.6. The molecule has 1 heterocycles. The quantitative estimate of drug-likeness (QED) is 0.863. The smallest absolute Gasteiger partial charge is 0.162 e. The first kappa shape index (κ1) is 14.5. The van der Waals surface area contributed by atoms with Crippen LogP contribution in [-0.2, 0) is 10.2 Å². The van der Waals surface area contributed by atoms with Gasteiger partial charge in [0.15, 0.2) is 5.78 Å². The van der Waals surface area contributed by atoms with Gasteiger partial charge < -0.3 is 5.32 Å². The van der Waals surface area contributed by atoms with Crippen LogP contribution in [0.4, 0.5) is 5.82 Å². The Kier molecular flexibility index (Phi) is 4.00. The van der Waals surface area contributed by atoms with Crippen molar-refractivity contribution in [3.8, 4) is 0 Å². The summed E-state index contributed by atoms with van der Waals surface area (Å²) in [5.74, 6) is 0.889. The Balaban J connectivity index is 1.71. The molecule has 0 amide bonds. The molecule has 2 aromatic rings. The standard InChI is InChI=1S/C16H14BrClN2O/c17-13-2-1-9-19-15(13)20-10-14(21)16(7-8-16)11-3-5-12(18)6-4-11/h1-6,9H,7-8,10H2,(H,19,20). The van der Waals surface area contributed by atoms with Gasteiger partial charge in [0.2, 0.25) is 0 Å². The average molecular weight is 366 g/mol. The number of Topliss-reactive ketones (excluding diaryl/α,β-unsaturated/α-hetero) is 1. The highest BCUT2D eigenvalue weighted by Crippen LogP contribution is 2.49. The van der Waals surface area contributed by atoms with E-state index in [1.54, 1.807) is 6.20 Å². The lowest BCUT2D eigenvalue weighted by Gasteiger charge is -2.15. The van der Waals surface area contributed by atoms with Crippen LogP contribution in [0.3, 0.4) is 0 Å². The largest absolute Gasteiger partial charge is 0.362 e. The molecule has 1 fully saturated rings. The third-order valence-corrected chi connectivity index (χ3v) is 4.75. The lowest BCUT2D eigenvalue weighted by Crippen LogP contribution is -2.27. The first-order valence-electron chi connectivity index (χ1n) is 6.75. The number of nitrogens with zero attached hydrogens (tertiary/aromatic N) is 1. The lowest BCUT2D eigenvalue weighted by molar-refractivity contribution is -0.119. The third-order valence-electron chi connectivity index (χ3n) is 3.86. The number of anilines is 1. The normalized spacial score (nSPS) is 15.5. The van der Waals surface area contributed by atoms with Crippen molar-refractivity contribution in [3.63, 3.8) is 0 Å². The van der Waals surface area contributed by atoms with E-state index in [1.807, 2.05) is 36.4 Å². The van der Waals surface area contributed by atoms with Crippen molar-refractivity contribution in [3.05, 3.63) is 57.7 Å². The fourth-order valence-electron chi connectivity index (χ4n) is 2.47. The summed E-state index contributed by atoms with van der Waals surface area (Å²) in [5, 5.41) is 3.80. The molecule has 0 saturated heterocycles. The van der Waals surface area contributed by atoms with E-state index in [0.29, 0.717) is 10.8 Å². The molecule has 3 nitrogen and oxygen atoms in total. The number of nitrogens with one attached hydrogen (secondary N) is 1. The van der Waals surface area contributed by atoms with Crippen LogP contribution in [0, 0.1) is 0 Å². The van der Waals surface area contributed by atoms with E-state index in [2.05, 4.69) is 26.2 Å². The van der Waals surface area contributed by atoms with E-state index < -0.39 is 0 Å². The zero-order valence-corrected chi connectivity index (χ0v) is 13.6. The molecule has 1 aliphatic rings. The molecule has 1 aromatic carbocycles. The van der Waals surface area contributed by atoms with Crippen LogP contribution in [0.2, 0.25) is 5.02 Å². The number of halogens is 2. The molecule has 3 rings (SSSR count). The van der Waals surface area contributed by atoms with E-state index in [-0.39, 0.29) is 17.7 Å². The summed E-state index contributed by atoms with van der Waals surface area (Å²) in [6.45, 7) is 0.276. The van der Waals surface area contributed by atoms with Gasteiger partial charge in [0.1, 0.15) is 5.82 Å². The maximum Gasteiger partial charge on any atom is 0.162 e. The van der Waals surface area contributed by atoms with E-state index >= 15 is 0 Å². The van der Waals surface area contributed by atoms with E-state index in [0.717, 1.165) is 22.9 Å². The zero-order chi connectivity index (χ0) is 14.9. The summed E-state index contributed by atoms with van der Waals surface area (Å²) in [6.07, 6.45) is 3.50. The van der Waals surface area contributed by atoms with Crippen LogP contribution >= 0.6 is 27.5 Å². The van der Waals surface area contributed by atoms with Crippen molar-refractivity contribution in [2.45, 2.75) is 18.3 Å². The molecule has 0 aliphatic heterocycles. The second kappa shape index (κ2) is 5.78. The number of carbonyl (C=O) groups excluding carboxylic acids is 1. The summed E-state index contributed by atoms with van der Waals surface area (Å²) in [5.41, 5.74) is 0.720. The van der Waals surface area contributed by atoms with Gasteiger partial charge >= 0.3 is 0 Å². The fourth-order valence-corrected chi connectivity index (χ4v) is 2.99. The van der Waals surface area contributed by atoms with E-state index in [1.165, 1.54) is 0 Å². The Hall–Kier alpha value is -1.39. The molecule has 1 N–H and O–H groups in total. The molecule has 0 unspecified atom stereocenters. The number of hydrogen-bond donors (Lipinski definition) is 1. The minimum atomic E-state index is -0.334. The number of benzene rings is 1. The van der Waals surface area contributed by atoms with Gasteiger partial charge in [0, 0.05) is 11.2 Å². The van der Waals surface area contributed by atoms with Crippen molar-refractivity contribution < 1.29 is 4.79 Å². The van der Waals surface area contributed by atoms with Crippen LogP contribution in [0.15, 0.2) is 47.1 Å². The highest BCUT2D eigenvalue weighted by molar-refractivity contribution is 9.10. The van der Waals surface area contributed by atoms with Crippen LogP contribution in [-0.4, -0.2) is 17.3 Å². The average Bonchev–Trinajstić information content (AvgIpc) is 3.28. The molecule has 1 aliphatic carbocycles. The van der Waals surface area contributed by atoms with Crippen LogP contribution in [0.5, 0.6) is 0 Å². The first-order chi connectivity index (χ1) is 10.1. The van der Waals surface area contributed by atoms with E-state index in [9.17, 15) is 4.79 Å². The minimum absolute atomic E-state index is 0.197. The van der Waals surface area contributed by atoms with Gasteiger partial charge in [-0.05, 0) is 58.6 Å². The molecular formula is C16H14BrClN2O. The molecule has 1 aromatic heterocycles. The second-order valence-corrected chi connectivity index (χ2v) is 6.49. The van der Waals surface area contributed by atoms with Crippen molar-refractivity contribution in [1.29, 1.82) is 0 Å². The van der Waals surface area contributed by atoms with Gasteiger partial charge in [0.25, 0.3) is 0 Å². The summed E-state index contributed by atoms with van der Waals surface area (Å²) in [6, 6.07) is 11.3. The van der Waals surface area contributed by atoms with Crippen LogP contribution in [0.1, 0.15) is 18.4 Å². The van der Waals surface area contributed by atoms with Crippen LogP contribution < -0.4 is 5.32 Å². The molecule has 0 bridgehead atoms. The van der Waals surface area contributed by atoms with Gasteiger partial charge in [-0.2, -0.15) is 0 Å². The van der Waals surface area contributed by atoms with Crippen molar-refractivity contribution in [1.82, 2.24) is 4.98 Å². The lowest BCUT2D eigenvalue weighted by atomic mass is 9.91. The summed E-state index contributed by atoms with van der Waals surface area (Å²) < 4.78 is 0.856. The zero-order valence-electron chi connectivity index (χ0n) is 11.3. The van der Waals surface area contributed by atoms with Gasteiger partial charge in [-0.15, -0.1) is 0 Å². The van der Waals surface area contributed by atoms with Gasteiger partial charge in [-0.3, -0.25) is 4.79 Å². The molecule has 21 heavy (non-hydrogen) atoms. The molecule has 0 spiro atoms. The maximum atomic E-state index is 12.6. The summed E-state index contributed by atoms with van der Waals surface area (Å²) >= 11 is 9.32. The predicted octanol–water partition coefficient (Wildman–Crippen LogP) is 4.21.